The van der Waals surface area contributed by atoms with E-state index < -0.39 is 0 Å². The average molecular weight is 266 g/mol. The molecule has 0 aliphatic carbocycles. The lowest BCUT2D eigenvalue weighted by atomic mass is 9.85. The average Bonchev–Trinajstić information content (AvgIpc) is 2.93. The Bertz CT molecular complexity index is 387. The molecule has 2 rings (SSSR count). The summed E-state index contributed by atoms with van der Waals surface area (Å²) >= 11 is 0. The molecule has 3 N–H and O–H groups in total. The van der Waals surface area contributed by atoms with Crippen LogP contribution in [0.1, 0.15) is 45.0 Å². The Morgan fingerprint density at radius 3 is 3.00 bits per heavy atom. The Hall–Kier alpha value is -1.50. The molecular weight excluding hydrogens is 244 g/mol. The van der Waals surface area contributed by atoms with Crippen LogP contribution >= 0.6 is 0 Å². The van der Waals surface area contributed by atoms with Crippen LogP contribution in [0.15, 0.2) is 0 Å². The maximum absolute atomic E-state index is 12.0. The molecule has 2 heterocycles. The molecule has 0 radical (unpaired) electrons. The summed E-state index contributed by atoms with van der Waals surface area (Å²) in [5.74, 6) is 1.56. The van der Waals surface area contributed by atoms with Gasteiger partial charge in [0, 0.05) is 6.42 Å². The molecule has 0 aromatic carbocycles. The quantitative estimate of drug-likeness (QED) is 0.717. The van der Waals surface area contributed by atoms with Crippen molar-refractivity contribution in [3.8, 4) is 0 Å². The maximum atomic E-state index is 12.0. The molecule has 0 saturated carbocycles. The van der Waals surface area contributed by atoms with E-state index in [2.05, 4.69) is 38.2 Å². The van der Waals surface area contributed by atoms with Crippen LogP contribution in [-0.2, 0) is 4.79 Å². The molecule has 7 heteroatoms. The van der Waals surface area contributed by atoms with Crippen LogP contribution in [0.25, 0.3) is 0 Å². The van der Waals surface area contributed by atoms with E-state index in [0.717, 1.165) is 13.1 Å². The number of piperidine rings is 1. The van der Waals surface area contributed by atoms with E-state index in [-0.39, 0.29) is 11.9 Å². The molecule has 1 aliphatic rings. The second-order valence-corrected chi connectivity index (χ2v) is 5.35. The van der Waals surface area contributed by atoms with Gasteiger partial charge >= 0.3 is 0 Å². The molecule has 1 aromatic heterocycles. The number of aromatic amines is 1. The fourth-order valence-electron chi connectivity index (χ4n) is 2.54. The minimum absolute atomic E-state index is 0.0513. The van der Waals surface area contributed by atoms with Crippen LogP contribution in [0.2, 0.25) is 0 Å². The summed E-state index contributed by atoms with van der Waals surface area (Å²) in [5, 5.41) is 19.9. The molecule has 1 saturated heterocycles. The van der Waals surface area contributed by atoms with E-state index in [1.54, 1.807) is 0 Å². The van der Waals surface area contributed by atoms with Gasteiger partial charge in [-0.25, -0.2) is 0 Å². The smallest absolute Gasteiger partial charge is 0.220 e. The highest BCUT2D eigenvalue weighted by Crippen LogP contribution is 2.22. The number of nitrogens with one attached hydrogen (secondary N) is 3. The van der Waals surface area contributed by atoms with E-state index in [9.17, 15) is 4.79 Å². The third-order valence-corrected chi connectivity index (χ3v) is 3.77. The van der Waals surface area contributed by atoms with Gasteiger partial charge in [0.1, 0.15) is 0 Å². The number of hydrogen-bond donors (Lipinski definition) is 3. The molecule has 3 atom stereocenters. The van der Waals surface area contributed by atoms with Crippen molar-refractivity contribution in [2.24, 2.45) is 11.8 Å². The van der Waals surface area contributed by atoms with Crippen molar-refractivity contribution in [3.63, 3.8) is 0 Å². The highest BCUT2D eigenvalue weighted by Gasteiger charge is 2.23. The number of H-pyrrole nitrogens is 1. The molecule has 0 bridgehead atoms. The van der Waals surface area contributed by atoms with Crippen LogP contribution < -0.4 is 10.6 Å². The molecule has 1 fully saturated rings. The Balaban J connectivity index is 1.77. The van der Waals surface area contributed by atoms with Crippen molar-refractivity contribution in [3.05, 3.63) is 5.82 Å². The van der Waals surface area contributed by atoms with Gasteiger partial charge in [-0.15, -0.1) is 10.2 Å². The number of amides is 1. The van der Waals surface area contributed by atoms with Crippen molar-refractivity contribution < 1.29 is 4.79 Å². The van der Waals surface area contributed by atoms with Crippen molar-refractivity contribution in [2.45, 2.75) is 39.2 Å². The maximum Gasteiger partial charge on any atom is 0.220 e. The lowest BCUT2D eigenvalue weighted by molar-refractivity contribution is -0.123. The zero-order valence-corrected chi connectivity index (χ0v) is 11.5. The van der Waals surface area contributed by atoms with Crippen LogP contribution in [0.4, 0.5) is 0 Å². The van der Waals surface area contributed by atoms with E-state index >= 15 is 0 Å². The molecule has 1 amide bonds. The summed E-state index contributed by atoms with van der Waals surface area (Å²) in [6, 6.07) is -0.206. The first-order valence-electron chi connectivity index (χ1n) is 6.90. The second kappa shape index (κ2) is 6.60. The minimum atomic E-state index is -0.206. The molecule has 19 heavy (non-hydrogen) atoms. The number of tetrazole rings is 1. The van der Waals surface area contributed by atoms with E-state index in [0.29, 0.717) is 24.1 Å². The number of carbonyl (C=O) groups is 1. The Kier molecular flexibility index (Phi) is 4.84. The monoisotopic (exact) mass is 266 g/mol. The number of nitrogens with zero attached hydrogens (tertiary/aromatic N) is 3. The van der Waals surface area contributed by atoms with Crippen LogP contribution in [0.5, 0.6) is 0 Å². The highest BCUT2D eigenvalue weighted by molar-refractivity contribution is 5.76. The summed E-state index contributed by atoms with van der Waals surface area (Å²) < 4.78 is 0. The number of rotatable bonds is 5. The molecule has 7 nitrogen and oxygen atoms in total. The van der Waals surface area contributed by atoms with Gasteiger partial charge in [0.25, 0.3) is 0 Å². The van der Waals surface area contributed by atoms with Crippen LogP contribution in [0.3, 0.4) is 0 Å². The second-order valence-electron chi connectivity index (χ2n) is 5.35. The van der Waals surface area contributed by atoms with Crippen LogP contribution in [-0.4, -0.2) is 39.6 Å². The summed E-state index contributed by atoms with van der Waals surface area (Å²) in [6.07, 6.45) is 2.96. The predicted octanol–water partition coefficient (Wildman–Crippen LogP) is 0.403. The summed E-state index contributed by atoms with van der Waals surface area (Å²) in [5.41, 5.74) is 0. The van der Waals surface area contributed by atoms with Crippen molar-refractivity contribution in [1.29, 1.82) is 0 Å². The van der Waals surface area contributed by atoms with Gasteiger partial charge in [0.15, 0.2) is 5.82 Å². The SMILES string of the molecule is CC(NC(=O)CC(C)C1CCCNC1)c1nn[nH]n1. The summed E-state index contributed by atoms with van der Waals surface area (Å²) in [4.78, 5) is 12.0. The molecule has 3 unspecified atom stereocenters. The first-order chi connectivity index (χ1) is 9.16. The predicted molar refractivity (Wildman–Crippen MR) is 70.1 cm³/mol. The number of carbonyl (C=O) groups excluding carboxylic acids is 1. The Morgan fingerprint density at radius 2 is 2.37 bits per heavy atom. The fraction of sp³-hybridized carbons (Fsp3) is 0.833. The van der Waals surface area contributed by atoms with Crippen molar-refractivity contribution in [2.75, 3.05) is 13.1 Å². The number of hydrogen-bond acceptors (Lipinski definition) is 5. The molecule has 1 aromatic rings. The fourth-order valence-corrected chi connectivity index (χ4v) is 2.54. The van der Waals surface area contributed by atoms with Crippen molar-refractivity contribution >= 4 is 5.91 Å². The van der Waals surface area contributed by atoms with Gasteiger partial charge in [-0.05, 0) is 44.7 Å². The normalized spacial score (nSPS) is 22.7. The van der Waals surface area contributed by atoms with Gasteiger partial charge in [-0.2, -0.15) is 5.21 Å². The van der Waals surface area contributed by atoms with Gasteiger partial charge < -0.3 is 10.6 Å². The summed E-state index contributed by atoms with van der Waals surface area (Å²) in [7, 11) is 0. The molecule has 1 aliphatic heterocycles. The third kappa shape index (κ3) is 3.99. The van der Waals surface area contributed by atoms with E-state index in [1.807, 2.05) is 6.92 Å². The van der Waals surface area contributed by atoms with Gasteiger partial charge in [0.2, 0.25) is 5.91 Å². The van der Waals surface area contributed by atoms with Gasteiger partial charge in [0.05, 0.1) is 6.04 Å². The minimum Gasteiger partial charge on any atom is -0.346 e. The highest BCUT2D eigenvalue weighted by atomic mass is 16.1. The third-order valence-electron chi connectivity index (χ3n) is 3.77. The van der Waals surface area contributed by atoms with Gasteiger partial charge in [-0.1, -0.05) is 12.1 Å². The Labute approximate surface area is 112 Å². The molecular formula is C12H22N6O. The zero-order valence-electron chi connectivity index (χ0n) is 11.5. The largest absolute Gasteiger partial charge is 0.346 e. The lowest BCUT2D eigenvalue weighted by Gasteiger charge is -2.28. The molecule has 106 valence electrons. The number of aromatic nitrogens is 4. The van der Waals surface area contributed by atoms with Crippen LogP contribution in [0, 0.1) is 11.8 Å². The lowest BCUT2D eigenvalue weighted by Crippen LogP contribution is -2.36. The summed E-state index contributed by atoms with van der Waals surface area (Å²) in [6.45, 7) is 6.13. The van der Waals surface area contributed by atoms with Crippen molar-refractivity contribution in [1.82, 2.24) is 31.3 Å². The zero-order chi connectivity index (χ0) is 13.7. The molecule has 0 spiro atoms. The van der Waals surface area contributed by atoms with Gasteiger partial charge in [-0.3, -0.25) is 4.79 Å². The van der Waals surface area contributed by atoms with E-state index in [4.69, 9.17) is 0 Å². The van der Waals surface area contributed by atoms with E-state index in [1.165, 1.54) is 12.8 Å². The standard InChI is InChI=1S/C12H22N6O/c1-8(10-4-3-5-13-7-10)6-11(19)14-9(2)12-15-17-18-16-12/h8-10,13H,3-7H2,1-2H3,(H,14,19)(H,15,16,17,18). The first-order valence-corrected chi connectivity index (χ1v) is 6.90. The first kappa shape index (κ1) is 13.9. The Morgan fingerprint density at radius 1 is 1.53 bits per heavy atom. The topological polar surface area (TPSA) is 95.6 Å².